The molecule has 1 aliphatic carbocycles. The van der Waals surface area contributed by atoms with Crippen molar-refractivity contribution in [1.29, 1.82) is 0 Å². The van der Waals surface area contributed by atoms with E-state index in [-0.39, 0.29) is 5.82 Å². The first kappa shape index (κ1) is 13.5. The third kappa shape index (κ3) is 3.81. The molecule has 0 aromatic heterocycles. The molecule has 3 unspecified atom stereocenters. The van der Waals surface area contributed by atoms with Crippen LogP contribution in [0.15, 0.2) is 24.3 Å². The number of rotatable bonds is 4. The molecular weight excluding hydrogens is 225 g/mol. The monoisotopic (exact) mass is 249 g/mol. The Labute approximate surface area is 110 Å². The largest absolute Gasteiger partial charge is 0.311 e. The van der Waals surface area contributed by atoms with E-state index in [9.17, 15) is 4.39 Å². The molecule has 0 spiro atoms. The van der Waals surface area contributed by atoms with Crippen molar-refractivity contribution in [3.05, 3.63) is 35.6 Å². The summed E-state index contributed by atoms with van der Waals surface area (Å²) in [5.74, 6) is 0.634. The highest BCUT2D eigenvalue weighted by atomic mass is 19.1. The van der Waals surface area contributed by atoms with E-state index in [0.29, 0.717) is 12.1 Å². The number of benzene rings is 1. The van der Waals surface area contributed by atoms with Gasteiger partial charge < -0.3 is 5.32 Å². The fourth-order valence-electron chi connectivity index (χ4n) is 2.96. The summed E-state index contributed by atoms with van der Waals surface area (Å²) in [5.41, 5.74) is 1.21. The number of nitrogens with one attached hydrogen (secondary N) is 1. The molecule has 0 radical (unpaired) electrons. The van der Waals surface area contributed by atoms with Gasteiger partial charge in [0.05, 0.1) is 0 Å². The highest BCUT2D eigenvalue weighted by molar-refractivity contribution is 5.17. The van der Waals surface area contributed by atoms with E-state index < -0.39 is 0 Å². The topological polar surface area (TPSA) is 12.0 Å². The molecule has 1 nitrogen and oxygen atoms in total. The Morgan fingerprint density at radius 1 is 1.22 bits per heavy atom. The molecule has 1 N–H and O–H groups in total. The Balaban J connectivity index is 1.84. The zero-order valence-electron chi connectivity index (χ0n) is 11.5. The summed E-state index contributed by atoms with van der Waals surface area (Å²) in [6, 6.07) is 7.99. The Bertz CT molecular complexity index is 360. The lowest BCUT2D eigenvalue weighted by atomic mass is 9.85. The first-order chi connectivity index (χ1) is 8.65. The van der Waals surface area contributed by atoms with Crippen molar-refractivity contribution in [3.8, 4) is 0 Å². The van der Waals surface area contributed by atoms with E-state index in [0.717, 1.165) is 12.3 Å². The minimum absolute atomic E-state index is 0.153. The van der Waals surface area contributed by atoms with Crippen molar-refractivity contribution in [2.45, 2.75) is 58.0 Å². The first-order valence-electron chi connectivity index (χ1n) is 7.15. The summed E-state index contributed by atoms with van der Waals surface area (Å²) in [6.07, 6.45) is 6.36. The summed E-state index contributed by atoms with van der Waals surface area (Å²) in [4.78, 5) is 0. The lowest BCUT2D eigenvalue weighted by Gasteiger charge is -2.32. The lowest BCUT2D eigenvalue weighted by molar-refractivity contribution is 0.262. The fourth-order valence-corrected chi connectivity index (χ4v) is 2.96. The van der Waals surface area contributed by atoms with Crippen LogP contribution in [0, 0.1) is 11.7 Å². The zero-order valence-corrected chi connectivity index (χ0v) is 11.5. The van der Waals surface area contributed by atoms with Gasteiger partial charge in [-0.3, -0.25) is 0 Å². The van der Waals surface area contributed by atoms with Gasteiger partial charge in [0.15, 0.2) is 0 Å². The van der Waals surface area contributed by atoms with Gasteiger partial charge in [0.1, 0.15) is 5.82 Å². The van der Waals surface area contributed by atoms with Gasteiger partial charge in [0, 0.05) is 12.1 Å². The molecule has 0 amide bonds. The summed E-state index contributed by atoms with van der Waals surface area (Å²) in [7, 11) is 0. The van der Waals surface area contributed by atoms with Gasteiger partial charge in [0.25, 0.3) is 0 Å². The molecule has 1 aliphatic rings. The van der Waals surface area contributed by atoms with Crippen molar-refractivity contribution in [2.24, 2.45) is 5.92 Å². The smallest absolute Gasteiger partial charge is 0.123 e. The molecular formula is C16H24FN. The molecule has 0 saturated heterocycles. The molecule has 18 heavy (non-hydrogen) atoms. The Morgan fingerprint density at radius 2 is 1.89 bits per heavy atom. The first-order valence-corrected chi connectivity index (χ1v) is 7.15. The van der Waals surface area contributed by atoms with E-state index in [2.05, 4.69) is 19.2 Å². The molecule has 0 heterocycles. The van der Waals surface area contributed by atoms with Crippen molar-refractivity contribution in [2.75, 3.05) is 0 Å². The molecule has 2 heteroatoms. The van der Waals surface area contributed by atoms with Crippen LogP contribution in [0.5, 0.6) is 0 Å². The Hall–Kier alpha value is -0.890. The van der Waals surface area contributed by atoms with Crippen LogP contribution in [0.4, 0.5) is 4.39 Å². The van der Waals surface area contributed by atoms with Crippen LogP contribution in [0.1, 0.15) is 45.1 Å². The minimum Gasteiger partial charge on any atom is -0.311 e. The van der Waals surface area contributed by atoms with Gasteiger partial charge >= 0.3 is 0 Å². The summed E-state index contributed by atoms with van der Waals surface area (Å²) in [6.45, 7) is 4.58. The van der Waals surface area contributed by atoms with Crippen LogP contribution in [-0.4, -0.2) is 12.1 Å². The van der Waals surface area contributed by atoms with Crippen molar-refractivity contribution < 1.29 is 4.39 Å². The third-order valence-electron chi connectivity index (χ3n) is 4.07. The van der Waals surface area contributed by atoms with Crippen molar-refractivity contribution in [1.82, 2.24) is 5.32 Å². The van der Waals surface area contributed by atoms with Gasteiger partial charge in [-0.2, -0.15) is 0 Å². The summed E-state index contributed by atoms with van der Waals surface area (Å²) in [5, 5.41) is 3.74. The van der Waals surface area contributed by atoms with E-state index in [1.165, 1.54) is 31.2 Å². The maximum absolute atomic E-state index is 12.8. The van der Waals surface area contributed by atoms with Crippen LogP contribution in [0.25, 0.3) is 0 Å². The van der Waals surface area contributed by atoms with Crippen LogP contribution in [-0.2, 0) is 6.42 Å². The van der Waals surface area contributed by atoms with Crippen LogP contribution >= 0.6 is 0 Å². The maximum atomic E-state index is 12.8. The molecule has 3 atom stereocenters. The molecule has 1 fully saturated rings. The number of hydrogen-bond acceptors (Lipinski definition) is 1. The van der Waals surface area contributed by atoms with E-state index >= 15 is 0 Å². The third-order valence-corrected chi connectivity index (χ3v) is 4.07. The maximum Gasteiger partial charge on any atom is 0.123 e. The van der Waals surface area contributed by atoms with Gasteiger partial charge in [-0.15, -0.1) is 0 Å². The quantitative estimate of drug-likeness (QED) is 0.852. The lowest BCUT2D eigenvalue weighted by Crippen LogP contribution is -2.43. The van der Waals surface area contributed by atoms with Gasteiger partial charge in [-0.05, 0) is 49.8 Å². The molecule has 1 saturated carbocycles. The molecule has 100 valence electrons. The molecule has 0 aliphatic heterocycles. The van der Waals surface area contributed by atoms with E-state index in [1.807, 2.05) is 12.1 Å². The fraction of sp³-hybridized carbons (Fsp3) is 0.625. The van der Waals surface area contributed by atoms with E-state index in [4.69, 9.17) is 0 Å². The Kier molecular flexibility index (Phi) is 4.76. The van der Waals surface area contributed by atoms with Gasteiger partial charge in [0.2, 0.25) is 0 Å². The zero-order chi connectivity index (χ0) is 13.0. The predicted molar refractivity (Wildman–Crippen MR) is 74.1 cm³/mol. The number of halogens is 1. The summed E-state index contributed by atoms with van der Waals surface area (Å²) < 4.78 is 12.8. The SMILES string of the molecule is CC(Cc1ccc(F)cc1)NC1CCCCC1C. The summed E-state index contributed by atoms with van der Waals surface area (Å²) >= 11 is 0. The molecule has 1 aromatic rings. The Morgan fingerprint density at radius 3 is 2.56 bits per heavy atom. The molecule has 1 aromatic carbocycles. The van der Waals surface area contributed by atoms with Crippen LogP contribution < -0.4 is 5.32 Å². The normalized spacial score (nSPS) is 25.9. The highest BCUT2D eigenvalue weighted by Crippen LogP contribution is 2.24. The highest BCUT2D eigenvalue weighted by Gasteiger charge is 2.22. The van der Waals surface area contributed by atoms with Gasteiger partial charge in [-0.25, -0.2) is 4.39 Å². The minimum atomic E-state index is -0.153. The van der Waals surface area contributed by atoms with Crippen molar-refractivity contribution >= 4 is 0 Å². The average Bonchev–Trinajstić information content (AvgIpc) is 2.35. The molecule has 2 rings (SSSR count). The standard InChI is InChI=1S/C16H24FN/c1-12-5-3-4-6-16(12)18-13(2)11-14-7-9-15(17)10-8-14/h7-10,12-13,16,18H,3-6,11H2,1-2H3. The molecule has 0 bridgehead atoms. The van der Waals surface area contributed by atoms with Gasteiger partial charge in [-0.1, -0.05) is 31.9 Å². The van der Waals surface area contributed by atoms with Crippen LogP contribution in [0.3, 0.4) is 0 Å². The number of hydrogen-bond donors (Lipinski definition) is 1. The predicted octanol–water partition coefficient (Wildman–Crippen LogP) is 3.93. The second kappa shape index (κ2) is 6.33. The van der Waals surface area contributed by atoms with Crippen LogP contribution in [0.2, 0.25) is 0 Å². The second-order valence-corrected chi connectivity index (χ2v) is 5.77. The average molecular weight is 249 g/mol. The van der Waals surface area contributed by atoms with Crippen molar-refractivity contribution in [3.63, 3.8) is 0 Å². The second-order valence-electron chi connectivity index (χ2n) is 5.77. The van der Waals surface area contributed by atoms with E-state index in [1.54, 1.807) is 12.1 Å².